The van der Waals surface area contributed by atoms with Crippen molar-refractivity contribution < 1.29 is 33.3 Å². The molecule has 0 radical (unpaired) electrons. The summed E-state index contributed by atoms with van der Waals surface area (Å²) in [6.45, 7) is 1.26. The van der Waals surface area contributed by atoms with Crippen molar-refractivity contribution in [1.82, 2.24) is 10.4 Å². The second-order valence-corrected chi connectivity index (χ2v) is 10.3. The molecule has 0 fully saturated rings. The van der Waals surface area contributed by atoms with Crippen molar-refractivity contribution in [1.29, 1.82) is 0 Å². The fourth-order valence-corrected chi connectivity index (χ4v) is 4.94. The van der Waals surface area contributed by atoms with E-state index in [2.05, 4.69) is 15.5 Å². The molecule has 5 aromatic rings. The van der Waals surface area contributed by atoms with Gasteiger partial charge in [-0.3, -0.25) is 9.59 Å². The fraction of sp³-hybridized carbons (Fsp3) is 0.0909. The number of halogens is 2. The Morgan fingerprint density at radius 3 is 2.27 bits per heavy atom. The van der Waals surface area contributed by atoms with E-state index >= 15 is 0 Å². The van der Waals surface area contributed by atoms with Crippen molar-refractivity contribution in [3.05, 3.63) is 106 Å². The van der Waals surface area contributed by atoms with Crippen molar-refractivity contribution in [3.63, 3.8) is 0 Å². The lowest BCUT2D eigenvalue weighted by atomic mass is 10.0. The van der Waals surface area contributed by atoms with Crippen molar-refractivity contribution >= 4 is 58.2 Å². The number of hydrogen-bond acceptors (Lipinski definition) is 8. The minimum Gasteiger partial charge on any atom is -0.493 e. The molecule has 1 amide bonds. The van der Waals surface area contributed by atoms with Gasteiger partial charge in [0.05, 0.1) is 26.0 Å². The summed E-state index contributed by atoms with van der Waals surface area (Å²) in [6, 6.07) is 21.5. The zero-order valence-corrected chi connectivity index (χ0v) is 25.7. The first kappa shape index (κ1) is 31.1. The van der Waals surface area contributed by atoms with Gasteiger partial charge in [-0.15, -0.1) is 0 Å². The number of hydrogen-bond donors (Lipinski definition) is 2. The highest BCUT2D eigenvalue weighted by molar-refractivity contribution is 6.34. The molecule has 228 valence electrons. The highest BCUT2D eigenvalue weighted by Crippen LogP contribution is 2.38. The van der Waals surface area contributed by atoms with Gasteiger partial charge in [-0.1, -0.05) is 41.4 Å². The van der Waals surface area contributed by atoms with Gasteiger partial charge in [0.2, 0.25) is 0 Å². The van der Waals surface area contributed by atoms with Crippen molar-refractivity contribution in [2.75, 3.05) is 14.2 Å². The molecule has 0 saturated heterocycles. The second kappa shape index (κ2) is 13.5. The fourth-order valence-electron chi connectivity index (χ4n) is 4.54. The van der Waals surface area contributed by atoms with E-state index in [-0.39, 0.29) is 34.3 Å². The lowest BCUT2D eigenvalue weighted by molar-refractivity contribution is -0.132. The Balaban J connectivity index is 1.33. The molecule has 0 bridgehead atoms. The Kier molecular flexibility index (Phi) is 9.36. The number of aromatic nitrogens is 1. The number of aromatic amines is 1. The summed E-state index contributed by atoms with van der Waals surface area (Å²) in [5.41, 5.74) is 5.47. The smallest absolute Gasteiger partial charge is 0.343 e. The molecule has 0 aliphatic rings. The summed E-state index contributed by atoms with van der Waals surface area (Å²) in [5.74, 6) is -0.964. The van der Waals surface area contributed by atoms with Gasteiger partial charge in [-0.05, 0) is 66.2 Å². The van der Waals surface area contributed by atoms with Crippen LogP contribution in [0.2, 0.25) is 10.0 Å². The van der Waals surface area contributed by atoms with Crippen LogP contribution in [0, 0.1) is 0 Å². The molecule has 10 nitrogen and oxygen atoms in total. The lowest BCUT2D eigenvalue weighted by Gasteiger charge is -2.12. The number of rotatable bonds is 9. The summed E-state index contributed by atoms with van der Waals surface area (Å²) >= 11 is 12.7. The summed E-state index contributed by atoms with van der Waals surface area (Å²) in [7, 11) is 2.81. The largest absolute Gasteiger partial charge is 0.493 e. The van der Waals surface area contributed by atoms with Crippen molar-refractivity contribution in [2.24, 2.45) is 5.10 Å². The number of esters is 2. The van der Waals surface area contributed by atoms with E-state index in [0.717, 1.165) is 5.39 Å². The number of methoxy groups -OCH3 is 2. The monoisotopic (exact) mass is 645 g/mol. The van der Waals surface area contributed by atoms with E-state index in [9.17, 15) is 14.4 Å². The third-order valence-corrected chi connectivity index (χ3v) is 7.12. The zero-order valence-electron chi connectivity index (χ0n) is 24.1. The average molecular weight is 646 g/mol. The number of nitrogens with zero attached hydrogens (tertiary/aromatic N) is 1. The van der Waals surface area contributed by atoms with Gasteiger partial charge in [0.1, 0.15) is 5.69 Å². The summed E-state index contributed by atoms with van der Waals surface area (Å²) in [6.07, 6.45) is 1.42. The SMILES string of the molecule is COc1cc(C(=O)Oc2ccc(C=NNC(=O)c3[nH]c4ccc(Cl)cc4c3-c3ccccc3Cl)cc2OC)ccc1OC(C)=O. The number of nitrogens with one attached hydrogen (secondary N) is 2. The maximum Gasteiger partial charge on any atom is 0.343 e. The van der Waals surface area contributed by atoms with Crippen LogP contribution in [-0.4, -0.2) is 43.3 Å². The van der Waals surface area contributed by atoms with E-state index in [4.69, 9.17) is 42.1 Å². The molecule has 5 rings (SSSR count). The number of fused-ring (bicyclic) bond motifs is 1. The second-order valence-electron chi connectivity index (χ2n) is 9.50. The normalized spacial score (nSPS) is 11.0. The van der Waals surface area contributed by atoms with Crippen LogP contribution in [0.3, 0.4) is 0 Å². The molecule has 1 aromatic heterocycles. The van der Waals surface area contributed by atoms with Gasteiger partial charge >= 0.3 is 11.9 Å². The average Bonchev–Trinajstić information content (AvgIpc) is 3.40. The van der Waals surface area contributed by atoms with Gasteiger partial charge in [-0.25, -0.2) is 10.2 Å². The molecule has 0 spiro atoms. The summed E-state index contributed by atoms with van der Waals surface area (Å²) < 4.78 is 21.2. The number of ether oxygens (including phenoxy) is 4. The number of H-pyrrole nitrogens is 1. The molecule has 1 heterocycles. The third kappa shape index (κ3) is 6.93. The van der Waals surface area contributed by atoms with Crippen LogP contribution >= 0.6 is 23.2 Å². The molecule has 0 unspecified atom stereocenters. The predicted molar refractivity (Wildman–Crippen MR) is 171 cm³/mol. The van der Waals surface area contributed by atoms with E-state index in [1.54, 1.807) is 42.5 Å². The minimum atomic E-state index is -0.691. The Labute approximate surface area is 267 Å². The lowest BCUT2D eigenvalue weighted by Crippen LogP contribution is -2.19. The predicted octanol–water partition coefficient (Wildman–Crippen LogP) is 7.07. The molecule has 12 heteroatoms. The van der Waals surface area contributed by atoms with Crippen LogP contribution in [0.1, 0.15) is 33.3 Å². The summed E-state index contributed by atoms with van der Waals surface area (Å²) in [5, 5.41) is 5.83. The number of benzene rings is 4. The van der Waals surface area contributed by atoms with Gasteiger partial charge < -0.3 is 23.9 Å². The van der Waals surface area contributed by atoms with Gasteiger partial charge in [0, 0.05) is 39.0 Å². The first-order valence-corrected chi connectivity index (χ1v) is 14.1. The molecule has 4 aromatic carbocycles. The van der Waals surface area contributed by atoms with E-state index in [0.29, 0.717) is 32.3 Å². The van der Waals surface area contributed by atoms with Crippen LogP contribution in [0.5, 0.6) is 23.0 Å². The molecule has 0 saturated carbocycles. The Morgan fingerprint density at radius 1 is 0.822 bits per heavy atom. The minimum absolute atomic E-state index is 0.146. The number of hydrazone groups is 1. The first-order chi connectivity index (χ1) is 21.7. The van der Waals surface area contributed by atoms with Gasteiger partial charge in [-0.2, -0.15) is 5.10 Å². The van der Waals surface area contributed by atoms with E-state index in [1.165, 1.54) is 51.6 Å². The maximum atomic E-state index is 13.3. The molecular formula is C33H25Cl2N3O7. The molecule has 0 aliphatic carbocycles. The molecule has 0 atom stereocenters. The van der Waals surface area contributed by atoms with Crippen LogP contribution in [-0.2, 0) is 4.79 Å². The van der Waals surface area contributed by atoms with E-state index < -0.39 is 17.8 Å². The van der Waals surface area contributed by atoms with E-state index in [1.807, 2.05) is 12.1 Å². The highest BCUT2D eigenvalue weighted by Gasteiger charge is 2.21. The van der Waals surface area contributed by atoms with Crippen LogP contribution in [0.25, 0.3) is 22.0 Å². The Bertz CT molecular complexity index is 1970. The topological polar surface area (TPSA) is 128 Å². The molecule has 45 heavy (non-hydrogen) atoms. The number of amides is 1. The maximum absolute atomic E-state index is 13.3. The standard InChI is InChI=1S/C33H25Cl2N3O7/c1-18(39)44-26-13-9-20(15-29(26)43-3)33(41)45-27-12-8-19(14-28(27)42-2)17-36-38-32(40)31-30(22-6-4-5-7-24(22)35)23-16-21(34)10-11-25(23)37-31/h4-17,37H,1-3H3,(H,38,40). The van der Waals surface area contributed by atoms with Crippen LogP contribution in [0.15, 0.2) is 84.0 Å². The first-order valence-electron chi connectivity index (χ1n) is 13.3. The van der Waals surface area contributed by atoms with Gasteiger partial charge in [0.15, 0.2) is 23.0 Å². The zero-order chi connectivity index (χ0) is 32.1. The van der Waals surface area contributed by atoms with Crippen molar-refractivity contribution in [2.45, 2.75) is 6.92 Å². The quantitative estimate of drug-likeness (QED) is 0.0759. The molecule has 0 aliphatic heterocycles. The molecular weight excluding hydrogens is 621 g/mol. The summed E-state index contributed by atoms with van der Waals surface area (Å²) in [4.78, 5) is 40.6. The Hall–Kier alpha value is -5.32. The third-order valence-electron chi connectivity index (χ3n) is 6.55. The van der Waals surface area contributed by atoms with Crippen LogP contribution in [0.4, 0.5) is 0 Å². The highest BCUT2D eigenvalue weighted by atomic mass is 35.5. The van der Waals surface area contributed by atoms with Gasteiger partial charge in [0.25, 0.3) is 5.91 Å². The molecule has 2 N–H and O–H groups in total. The van der Waals surface area contributed by atoms with Crippen LogP contribution < -0.4 is 24.4 Å². The van der Waals surface area contributed by atoms with Crippen molar-refractivity contribution in [3.8, 4) is 34.1 Å². The Morgan fingerprint density at radius 2 is 1.53 bits per heavy atom. The number of carbonyl (C=O) groups excluding carboxylic acids is 3. The number of carbonyl (C=O) groups is 3.